The van der Waals surface area contributed by atoms with Gasteiger partial charge >= 0.3 is 0 Å². The van der Waals surface area contributed by atoms with Gasteiger partial charge in [0.1, 0.15) is 0 Å². The molecule has 0 heterocycles. The fourth-order valence-corrected chi connectivity index (χ4v) is 3.98. The van der Waals surface area contributed by atoms with Crippen LogP contribution in [0.5, 0.6) is 0 Å². The average Bonchev–Trinajstić information content (AvgIpc) is 2.86. The molecule has 0 saturated heterocycles. The number of hydrogen-bond donors (Lipinski definition) is 1. The summed E-state index contributed by atoms with van der Waals surface area (Å²) in [6.07, 6.45) is 11.7. The second-order valence-corrected chi connectivity index (χ2v) is 5.96. The summed E-state index contributed by atoms with van der Waals surface area (Å²) in [5, 5.41) is 0. The van der Waals surface area contributed by atoms with E-state index in [1.807, 2.05) is 0 Å². The van der Waals surface area contributed by atoms with E-state index in [2.05, 4.69) is 0 Å². The van der Waals surface area contributed by atoms with E-state index in [4.69, 9.17) is 5.73 Å². The Morgan fingerprint density at radius 2 is 1.43 bits per heavy atom. The number of rotatable bonds is 2. The summed E-state index contributed by atoms with van der Waals surface area (Å²) < 4.78 is 0. The first kappa shape index (κ1) is 9.21. The van der Waals surface area contributed by atoms with Crippen LogP contribution in [0.4, 0.5) is 0 Å². The van der Waals surface area contributed by atoms with E-state index >= 15 is 0 Å². The van der Waals surface area contributed by atoms with Gasteiger partial charge in [0.25, 0.3) is 0 Å². The van der Waals surface area contributed by atoms with Crippen molar-refractivity contribution in [2.45, 2.75) is 57.4 Å². The highest BCUT2D eigenvalue weighted by atomic mass is 14.7. The molecule has 80 valence electrons. The standard InChI is InChI=1S/C13H23N/c14-13(9-4-2-1-3-5-9)12-7-10-6-11(10)8-12/h9-13H,1-8,14H2. The largest absolute Gasteiger partial charge is 0.327 e. The molecule has 0 radical (unpaired) electrons. The van der Waals surface area contributed by atoms with Gasteiger partial charge in [-0.2, -0.15) is 0 Å². The van der Waals surface area contributed by atoms with Crippen molar-refractivity contribution in [3.05, 3.63) is 0 Å². The zero-order valence-corrected chi connectivity index (χ0v) is 9.12. The van der Waals surface area contributed by atoms with Crippen molar-refractivity contribution in [2.75, 3.05) is 0 Å². The minimum Gasteiger partial charge on any atom is -0.327 e. The molecule has 0 aromatic rings. The van der Waals surface area contributed by atoms with Gasteiger partial charge in [0, 0.05) is 6.04 Å². The zero-order valence-electron chi connectivity index (χ0n) is 9.12. The SMILES string of the molecule is NC(C1CCCCC1)C1CC2CC2C1. The zero-order chi connectivity index (χ0) is 9.54. The normalized spacial score (nSPS) is 44.8. The summed E-state index contributed by atoms with van der Waals surface area (Å²) in [6.45, 7) is 0. The predicted octanol–water partition coefficient (Wildman–Crippen LogP) is 2.94. The lowest BCUT2D eigenvalue weighted by Gasteiger charge is -2.32. The maximum atomic E-state index is 6.44. The minimum atomic E-state index is 0.558. The van der Waals surface area contributed by atoms with Gasteiger partial charge in [-0.05, 0) is 55.8 Å². The lowest BCUT2D eigenvalue weighted by Crippen LogP contribution is -2.38. The molecular weight excluding hydrogens is 170 g/mol. The first-order chi connectivity index (χ1) is 6.84. The van der Waals surface area contributed by atoms with E-state index in [0.29, 0.717) is 6.04 Å². The van der Waals surface area contributed by atoms with Crippen LogP contribution < -0.4 is 5.73 Å². The second-order valence-electron chi connectivity index (χ2n) is 5.96. The third-order valence-corrected chi connectivity index (χ3v) is 5.02. The molecule has 3 fully saturated rings. The maximum Gasteiger partial charge on any atom is 0.00958 e. The average molecular weight is 193 g/mol. The fourth-order valence-electron chi connectivity index (χ4n) is 3.98. The second kappa shape index (κ2) is 3.52. The molecule has 0 spiro atoms. The Balaban J connectivity index is 1.55. The third kappa shape index (κ3) is 1.60. The fraction of sp³-hybridized carbons (Fsp3) is 1.00. The van der Waals surface area contributed by atoms with Gasteiger partial charge in [-0.1, -0.05) is 19.3 Å². The van der Waals surface area contributed by atoms with Crippen LogP contribution in [-0.4, -0.2) is 6.04 Å². The lowest BCUT2D eigenvalue weighted by atomic mass is 9.78. The van der Waals surface area contributed by atoms with E-state index in [-0.39, 0.29) is 0 Å². The molecule has 3 rings (SSSR count). The van der Waals surface area contributed by atoms with Crippen molar-refractivity contribution in [2.24, 2.45) is 29.4 Å². The minimum absolute atomic E-state index is 0.558. The van der Waals surface area contributed by atoms with Gasteiger partial charge in [0.05, 0.1) is 0 Å². The van der Waals surface area contributed by atoms with Crippen LogP contribution in [0.1, 0.15) is 51.4 Å². The van der Waals surface area contributed by atoms with Gasteiger partial charge in [0.2, 0.25) is 0 Å². The molecule has 3 aliphatic rings. The predicted molar refractivity (Wildman–Crippen MR) is 58.9 cm³/mol. The molecule has 3 atom stereocenters. The summed E-state index contributed by atoms with van der Waals surface area (Å²) in [5.74, 6) is 4.00. The number of fused-ring (bicyclic) bond motifs is 1. The summed E-state index contributed by atoms with van der Waals surface area (Å²) in [4.78, 5) is 0. The molecule has 14 heavy (non-hydrogen) atoms. The van der Waals surface area contributed by atoms with Crippen molar-refractivity contribution in [1.29, 1.82) is 0 Å². The van der Waals surface area contributed by atoms with Crippen LogP contribution in [0.2, 0.25) is 0 Å². The summed E-state index contributed by atoms with van der Waals surface area (Å²) in [6, 6.07) is 0.558. The molecule has 0 aromatic heterocycles. The van der Waals surface area contributed by atoms with E-state index in [9.17, 15) is 0 Å². The van der Waals surface area contributed by atoms with Crippen LogP contribution in [0.25, 0.3) is 0 Å². The van der Waals surface area contributed by atoms with Crippen molar-refractivity contribution >= 4 is 0 Å². The summed E-state index contributed by atoms with van der Waals surface area (Å²) >= 11 is 0. The first-order valence-corrected chi connectivity index (χ1v) is 6.60. The van der Waals surface area contributed by atoms with Crippen LogP contribution in [0, 0.1) is 23.7 Å². The van der Waals surface area contributed by atoms with Crippen LogP contribution >= 0.6 is 0 Å². The van der Waals surface area contributed by atoms with Gasteiger partial charge in [0.15, 0.2) is 0 Å². The van der Waals surface area contributed by atoms with E-state index in [0.717, 1.165) is 23.7 Å². The molecule has 0 bridgehead atoms. The Morgan fingerprint density at radius 1 is 0.786 bits per heavy atom. The molecular formula is C13H23N. The summed E-state index contributed by atoms with van der Waals surface area (Å²) in [5.41, 5.74) is 6.44. The van der Waals surface area contributed by atoms with Crippen molar-refractivity contribution < 1.29 is 0 Å². The van der Waals surface area contributed by atoms with E-state index in [1.54, 1.807) is 0 Å². The highest BCUT2D eigenvalue weighted by Gasteiger charge is 2.48. The smallest absolute Gasteiger partial charge is 0.00958 e. The molecule has 0 aliphatic heterocycles. The highest BCUT2D eigenvalue weighted by Crippen LogP contribution is 2.55. The Hall–Kier alpha value is -0.0400. The van der Waals surface area contributed by atoms with Gasteiger partial charge in [-0.25, -0.2) is 0 Å². The maximum absolute atomic E-state index is 6.44. The number of nitrogens with two attached hydrogens (primary N) is 1. The first-order valence-electron chi connectivity index (χ1n) is 6.60. The highest BCUT2D eigenvalue weighted by molar-refractivity contribution is 4.99. The number of hydrogen-bond acceptors (Lipinski definition) is 1. The topological polar surface area (TPSA) is 26.0 Å². The Bertz CT molecular complexity index is 195. The Labute approximate surface area is 87.4 Å². The molecule has 3 saturated carbocycles. The van der Waals surface area contributed by atoms with Crippen LogP contribution in [0.15, 0.2) is 0 Å². The lowest BCUT2D eigenvalue weighted by molar-refractivity contribution is 0.235. The van der Waals surface area contributed by atoms with Crippen molar-refractivity contribution in [3.8, 4) is 0 Å². The Morgan fingerprint density at radius 3 is 2.07 bits per heavy atom. The summed E-state index contributed by atoms with van der Waals surface area (Å²) in [7, 11) is 0. The van der Waals surface area contributed by atoms with Crippen molar-refractivity contribution in [3.63, 3.8) is 0 Å². The van der Waals surface area contributed by atoms with Gasteiger partial charge in [-0.15, -0.1) is 0 Å². The van der Waals surface area contributed by atoms with Crippen molar-refractivity contribution in [1.82, 2.24) is 0 Å². The third-order valence-electron chi connectivity index (χ3n) is 5.02. The van der Waals surface area contributed by atoms with E-state index < -0.39 is 0 Å². The molecule has 3 aliphatic carbocycles. The molecule has 0 aromatic carbocycles. The molecule has 1 nitrogen and oxygen atoms in total. The van der Waals surface area contributed by atoms with Gasteiger partial charge < -0.3 is 5.73 Å². The monoisotopic (exact) mass is 193 g/mol. The molecule has 2 N–H and O–H groups in total. The van der Waals surface area contributed by atoms with Crippen LogP contribution in [-0.2, 0) is 0 Å². The van der Waals surface area contributed by atoms with Gasteiger partial charge in [-0.3, -0.25) is 0 Å². The van der Waals surface area contributed by atoms with E-state index in [1.165, 1.54) is 51.4 Å². The molecule has 1 heteroatoms. The quantitative estimate of drug-likeness (QED) is 0.717. The Kier molecular flexibility index (Phi) is 2.31. The van der Waals surface area contributed by atoms with Crippen LogP contribution in [0.3, 0.4) is 0 Å². The molecule has 3 unspecified atom stereocenters. The molecule has 0 amide bonds.